The third-order valence-electron chi connectivity index (χ3n) is 3.02. The van der Waals surface area contributed by atoms with Crippen LogP contribution < -0.4 is 0 Å². The minimum absolute atomic E-state index is 0.0144. The number of hydrogen-bond acceptors (Lipinski definition) is 2. The molecule has 2 heteroatoms. The molecule has 0 saturated carbocycles. The fourth-order valence-electron chi connectivity index (χ4n) is 2.16. The van der Waals surface area contributed by atoms with Gasteiger partial charge >= 0.3 is 0 Å². The summed E-state index contributed by atoms with van der Waals surface area (Å²) in [7, 11) is 0. The number of fused-ring (bicyclic) bond motifs is 1. The van der Waals surface area contributed by atoms with Gasteiger partial charge in [-0.2, -0.15) is 0 Å². The van der Waals surface area contributed by atoms with E-state index in [-0.39, 0.29) is 11.2 Å². The minimum atomic E-state index is -0.0144. The molecule has 17 heavy (non-hydrogen) atoms. The maximum Gasteiger partial charge on any atom is 0.159 e. The van der Waals surface area contributed by atoms with Crippen molar-refractivity contribution < 1.29 is 9.21 Å². The molecule has 2 rings (SSSR count). The Balaban J connectivity index is 2.71. The summed E-state index contributed by atoms with van der Waals surface area (Å²) in [6, 6.07) is 5.63. The Kier molecular flexibility index (Phi) is 2.61. The summed E-state index contributed by atoms with van der Waals surface area (Å²) in [6.45, 7) is 10.0. The van der Waals surface area contributed by atoms with Crippen LogP contribution in [0.5, 0.6) is 0 Å². The third-order valence-corrected chi connectivity index (χ3v) is 3.02. The molecule has 2 nitrogen and oxygen atoms in total. The highest BCUT2D eigenvalue weighted by Gasteiger charge is 2.23. The number of hydrogen-bond donors (Lipinski definition) is 0. The maximum atomic E-state index is 11.4. The average molecular weight is 230 g/mol. The van der Waals surface area contributed by atoms with E-state index in [2.05, 4.69) is 27.7 Å². The molecule has 0 amide bonds. The van der Waals surface area contributed by atoms with Crippen LogP contribution in [0.25, 0.3) is 11.0 Å². The van der Waals surface area contributed by atoms with Gasteiger partial charge in [0.25, 0.3) is 0 Å². The lowest BCUT2D eigenvalue weighted by Gasteiger charge is -2.15. The van der Waals surface area contributed by atoms with Crippen LogP contribution in [0.1, 0.15) is 49.4 Å². The van der Waals surface area contributed by atoms with E-state index in [1.165, 1.54) is 0 Å². The minimum Gasteiger partial charge on any atom is -0.460 e. The van der Waals surface area contributed by atoms with Gasteiger partial charge in [0, 0.05) is 16.4 Å². The molecule has 0 spiro atoms. The third kappa shape index (κ3) is 1.99. The monoisotopic (exact) mass is 230 g/mol. The second-order valence-electron chi connectivity index (χ2n) is 5.57. The van der Waals surface area contributed by atoms with E-state index in [1.54, 1.807) is 6.92 Å². The molecule has 0 fully saturated rings. The lowest BCUT2D eigenvalue weighted by atomic mass is 9.90. The highest BCUT2D eigenvalue weighted by molar-refractivity contribution is 5.98. The first-order valence-corrected chi connectivity index (χ1v) is 5.85. The molecule has 0 radical (unpaired) electrons. The molecule has 0 aliphatic rings. The standard InChI is InChI=1S/C15H18O2/c1-9-12-8-11(10(2)16)6-7-13(12)17-14(9)15(3,4)5/h6-8H,1-5H3. The smallest absolute Gasteiger partial charge is 0.159 e. The number of carbonyl (C=O) groups is 1. The van der Waals surface area contributed by atoms with Crippen LogP contribution in [0.3, 0.4) is 0 Å². The van der Waals surface area contributed by atoms with Crippen LogP contribution in [-0.4, -0.2) is 5.78 Å². The van der Waals surface area contributed by atoms with Crippen molar-refractivity contribution in [1.29, 1.82) is 0 Å². The normalized spacial score (nSPS) is 12.1. The van der Waals surface area contributed by atoms with E-state index in [0.29, 0.717) is 0 Å². The summed E-state index contributed by atoms with van der Waals surface area (Å²) in [5.41, 5.74) is 2.72. The maximum absolute atomic E-state index is 11.4. The molecule has 2 aromatic rings. The van der Waals surface area contributed by atoms with E-state index in [1.807, 2.05) is 18.2 Å². The van der Waals surface area contributed by atoms with Gasteiger partial charge in [-0.05, 0) is 37.6 Å². The SMILES string of the molecule is CC(=O)c1ccc2oc(C(C)(C)C)c(C)c2c1. The van der Waals surface area contributed by atoms with Crippen molar-refractivity contribution >= 4 is 16.8 Å². The molecule has 0 aliphatic heterocycles. The number of Topliss-reactive ketones (excluding diaryl/α,β-unsaturated/α-hetero) is 1. The van der Waals surface area contributed by atoms with E-state index in [0.717, 1.165) is 27.9 Å². The number of furan rings is 1. The van der Waals surface area contributed by atoms with Gasteiger partial charge in [-0.15, -0.1) is 0 Å². The number of rotatable bonds is 1. The number of carbonyl (C=O) groups excluding carboxylic acids is 1. The first kappa shape index (κ1) is 11.9. The average Bonchev–Trinajstić information content (AvgIpc) is 2.55. The van der Waals surface area contributed by atoms with Crippen LogP contribution in [0.4, 0.5) is 0 Å². The second kappa shape index (κ2) is 3.73. The fourth-order valence-corrected chi connectivity index (χ4v) is 2.16. The summed E-state index contributed by atoms with van der Waals surface area (Å²) in [6.07, 6.45) is 0. The molecule has 0 unspecified atom stereocenters. The first-order chi connectivity index (χ1) is 7.80. The quantitative estimate of drug-likeness (QED) is 0.686. The van der Waals surface area contributed by atoms with Gasteiger partial charge in [-0.25, -0.2) is 0 Å². The Morgan fingerprint density at radius 1 is 1.24 bits per heavy atom. The molecule has 0 N–H and O–H groups in total. The van der Waals surface area contributed by atoms with E-state index in [4.69, 9.17) is 4.42 Å². The lowest BCUT2D eigenvalue weighted by molar-refractivity contribution is 0.101. The summed E-state index contributed by atoms with van der Waals surface area (Å²) in [4.78, 5) is 11.4. The van der Waals surface area contributed by atoms with E-state index >= 15 is 0 Å². The van der Waals surface area contributed by atoms with Crippen LogP contribution in [0.15, 0.2) is 22.6 Å². The Morgan fingerprint density at radius 2 is 1.88 bits per heavy atom. The highest BCUT2D eigenvalue weighted by Crippen LogP contribution is 2.34. The van der Waals surface area contributed by atoms with Crippen LogP contribution in [-0.2, 0) is 5.41 Å². The molecule has 0 atom stereocenters. The highest BCUT2D eigenvalue weighted by atomic mass is 16.3. The van der Waals surface area contributed by atoms with Gasteiger partial charge in [-0.1, -0.05) is 20.8 Å². The van der Waals surface area contributed by atoms with E-state index in [9.17, 15) is 4.79 Å². The zero-order chi connectivity index (χ0) is 12.8. The number of benzene rings is 1. The van der Waals surface area contributed by atoms with E-state index < -0.39 is 0 Å². The zero-order valence-corrected chi connectivity index (χ0v) is 11.0. The molecule has 1 heterocycles. The Bertz CT molecular complexity index is 583. The van der Waals surface area contributed by atoms with Crippen molar-refractivity contribution in [2.24, 2.45) is 0 Å². The Labute approximate surface area is 102 Å². The largest absolute Gasteiger partial charge is 0.460 e. The van der Waals surface area contributed by atoms with Crippen molar-refractivity contribution in [1.82, 2.24) is 0 Å². The predicted octanol–water partition coefficient (Wildman–Crippen LogP) is 4.24. The van der Waals surface area contributed by atoms with Gasteiger partial charge < -0.3 is 4.42 Å². The van der Waals surface area contributed by atoms with Crippen molar-refractivity contribution in [3.8, 4) is 0 Å². The molecule has 0 aliphatic carbocycles. The molecular formula is C15H18O2. The van der Waals surface area contributed by atoms with Gasteiger partial charge in [0.15, 0.2) is 5.78 Å². The van der Waals surface area contributed by atoms with Crippen molar-refractivity contribution in [3.63, 3.8) is 0 Å². The summed E-state index contributed by atoms with van der Waals surface area (Å²) in [5, 5.41) is 1.04. The Morgan fingerprint density at radius 3 is 2.41 bits per heavy atom. The van der Waals surface area contributed by atoms with Gasteiger partial charge in [0.2, 0.25) is 0 Å². The molecular weight excluding hydrogens is 212 g/mol. The van der Waals surface area contributed by atoms with Gasteiger partial charge in [0.1, 0.15) is 11.3 Å². The Hall–Kier alpha value is -1.57. The van der Waals surface area contributed by atoms with Crippen LogP contribution in [0.2, 0.25) is 0 Å². The molecule has 0 saturated heterocycles. The lowest BCUT2D eigenvalue weighted by Crippen LogP contribution is -2.10. The first-order valence-electron chi connectivity index (χ1n) is 5.85. The molecule has 1 aromatic carbocycles. The van der Waals surface area contributed by atoms with Gasteiger partial charge in [0.05, 0.1) is 0 Å². The topological polar surface area (TPSA) is 30.2 Å². The van der Waals surface area contributed by atoms with Crippen molar-refractivity contribution in [2.75, 3.05) is 0 Å². The summed E-state index contributed by atoms with van der Waals surface area (Å²) in [5.74, 6) is 1.08. The summed E-state index contributed by atoms with van der Waals surface area (Å²) >= 11 is 0. The molecule has 90 valence electrons. The predicted molar refractivity (Wildman–Crippen MR) is 69.7 cm³/mol. The second-order valence-corrected chi connectivity index (χ2v) is 5.57. The zero-order valence-electron chi connectivity index (χ0n) is 11.0. The van der Waals surface area contributed by atoms with Crippen molar-refractivity contribution in [3.05, 3.63) is 35.1 Å². The molecule has 1 aromatic heterocycles. The van der Waals surface area contributed by atoms with Crippen LogP contribution >= 0.6 is 0 Å². The number of ketones is 1. The molecule has 0 bridgehead atoms. The summed E-state index contributed by atoms with van der Waals surface area (Å²) < 4.78 is 5.89. The van der Waals surface area contributed by atoms with Crippen molar-refractivity contribution in [2.45, 2.75) is 40.0 Å². The van der Waals surface area contributed by atoms with Crippen LogP contribution in [0, 0.1) is 6.92 Å². The number of aryl methyl sites for hydroxylation is 1. The fraction of sp³-hybridized carbons (Fsp3) is 0.400. The van der Waals surface area contributed by atoms with Gasteiger partial charge in [-0.3, -0.25) is 4.79 Å².